The highest BCUT2D eigenvalue weighted by Gasteiger charge is 2.40. The first-order valence-electron chi connectivity index (χ1n) is 9.05. The van der Waals surface area contributed by atoms with Gasteiger partial charge in [0.15, 0.2) is 0 Å². The molecule has 1 aliphatic heterocycles. The smallest absolute Gasteiger partial charge is 0.325 e. The van der Waals surface area contributed by atoms with Gasteiger partial charge in [0.05, 0.1) is 12.5 Å². The highest BCUT2D eigenvalue weighted by molar-refractivity contribution is 5.86. The van der Waals surface area contributed by atoms with E-state index >= 15 is 0 Å². The van der Waals surface area contributed by atoms with Crippen LogP contribution in [0.3, 0.4) is 0 Å². The fourth-order valence-corrected chi connectivity index (χ4v) is 3.44. The summed E-state index contributed by atoms with van der Waals surface area (Å²) >= 11 is 0. The van der Waals surface area contributed by atoms with Gasteiger partial charge >= 0.3 is 5.97 Å². The van der Waals surface area contributed by atoms with Crippen LogP contribution in [0.5, 0.6) is 0 Å². The summed E-state index contributed by atoms with van der Waals surface area (Å²) in [6.45, 7) is 0.954. The monoisotopic (exact) mass is 368 g/mol. The largest absolute Gasteiger partial charge is 0.468 e. The van der Waals surface area contributed by atoms with Gasteiger partial charge in [0.2, 0.25) is 5.91 Å². The molecule has 0 radical (unpaired) electrons. The Morgan fingerprint density at radius 3 is 2.67 bits per heavy atom. The van der Waals surface area contributed by atoms with Crippen molar-refractivity contribution in [2.24, 2.45) is 5.41 Å². The van der Waals surface area contributed by atoms with Crippen molar-refractivity contribution in [3.63, 3.8) is 0 Å². The fourth-order valence-electron chi connectivity index (χ4n) is 3.44. The molecule has 1 N–H and O–H groups in total. The number of hydrogen-bond donors (Lipinski definition) is 1. The van der Waals surface area contributed by atoms with Crippen LogP contribution in [0.4, 0.5) is 0 Å². The van der Waals surface area contributed by atoms with Crippen molar-refractivity contribution in [1.29, 1.82) is 0 Å². The van der Waals surface area contributed by atoms with E-state index < -0.39 is 11.4 Å². The van der Waals surface area contributed by atoms with Gasteiger partial charge in [-0.2, -0.15) is 0 Å². The molecule has 2 aromatic rings. The number of aromatic nitrogens is 1. The van der Waals surface area contributed by atoms with Gasteiger partial charge in [-0.1, -0.05) is 30.3 Å². The van der Waals surface area contributed by atoms with Gasteiger partial charge in [-0.3, -0.25) is 14.6 Å². The number of pyridine rings is 1. The Balaban J connectivity index is 1.80. The summed E-state index contributed by atoms with van der Waals surface area (Å²) in [7, 11) is 1.31. The quantitative estimate of drug-likeness (QED) is 0.792. The van der Waals surface area contributed by atoms with Crippen LogP contribution in [0.2, 0.25) is 0 Å². The Hall–Kier alpha value is -2.73. The van der Waals surface area contributed by atoms with E-state index in [-0.39, 0.29) is 12.5 Å². The zero-order valence-electron chi connectivity index (χ0n) is 15.4. The molecule has 0 atom stereocenters. The van der Waals surface area contributed by atoms with Crippen molar-refractivity contribution in [2.45, 2.75) is 19.3 Å². The predicted octanol–water partition coefficient (Wildman–Crippen LogP) is 2.38. The third kappa shape index (κ3) is 4.71. The molecule has 1 fully saturated rings. The van der Waals surface area contributed by atoms with Gasteiger partial charge in [-0.25, -0.2) is 0 Å². The van der Waals surface area contributed by atoms with E-state index in [1.54, 1.807) is 6.20 Å². The van der Waals surface area contributed by atoms with Crippen molar-refractivity contribution < 1.29 is 19.1 Å². The van der Waals surface area contributed by atoms with Gasteiger partial charge in [0.1, 0.15) is 6.54 Å². The molecule has 0 aliphatic carbocycles. The van der Waals surface area contributed by atoms with E-state index in [0.717, 1.165) is 16.7 Å². The molecule has 0 spiro atoms. The summed E-state index contributed by atoms with van der Waals surface area (Å²) in [5.41, 5.74) is 2.60. The van der Waals surface area contributed by atoms with E-state index in [2.05, 4.69) is 21.1 Å². The van der Waals surface area contributed by atoms with E-state index in [1.807, 2.05) is 36.5 Å². The molecule has 1 aliphatic rings. The Kier molecular flexibility index (Phi) is 6.19. The Labute approximate surface area is 158 Å². The molecule has 27 heavy (non-hydrogen) atoms. The third-order valence-corrected chi connectivity index (χ3v) is 5.02. The number of hydrogen-bond acceptors (Lipinski definition) is 5. The maximum Gasteiger partial charge on any atom is 0.325 e. The van der Waals surface area contributed by atoms with Crippen LogP contribution in [-0.2, 0) is 25.5 Å². The fraction of sp³-hybridized carbons (Fsp3) is 0.381. The molecule has 0 saturated carbocycles. The number of nitrogens with zero attached hydrogens (tertiary/aromatic N) is 1. The van der Waals surface area contributed by atoms with Gasteiger partial charge in [0, 0.05) is 25.6 Å². The summed E-state index contributed by atoms with van der Waals surface area (Å²) in [4.78, 5) is 28.5. The number of benzene rings is 1. The molecule has 1 aromatic carbocycles. The number of amides is 1. The molecule has 6 nitrogen and oxygen atoms in total. The molecule has 3 rings (SSSR count). The zero-order chi connectivity index (χ0) is 19.1. The van der Waals surface area contributed by atoms with Crippen LogP contribution in [0.1, 0.15) is 18.4 Å². The number of methoxy groups -OCH3 is 1. The van der Waals surface area contributed by atoms with Crippen LogP contribution in [0.15, 0.2) is 48.8 Å². The molecular weight excluding hydrogens is 344 g/mol. The molecule has 6 heteroatoms. The zero-order valence-corrected chi connectivity index (χ0v) is 15.4. The van der Waals surface area contributed by atoms with Gasteiger partial charge in [-0.05, 0) is 42.0 Å². The molecule has 1 aromatic heterocycles. The number of carbonyl (C=O) groups is 2. The minimum atomic E-state index is -0.583. The SMILES string of the molecule is COC(=O)CNC(=O)C1(Cc2cccc(-c3cccnc3)c2)CCOCC1. The second-order valence-corrected chi connectivity index (χ2v) is 6.77. The average molecular weight is 368 g/mol. The minimum Gasteiger partial charge on any atom is -0.468 e. The standard InChI is InChI=1S/C21H24N2O4/c1-26-19(24)15-23-20(25)21(7-10-27-11-8-21)13-16-4-2-5-17(12-16)18-6-3-9-22-14-18/h2-6,9,12,14H,7-8,10-11,13,15H2,1H3,(H,23,25). The van der Waals surface area contributed by atoms with Gasteiger partial charge in [-0.15, -0.1) is 0 Å². The molecular formula is C21H24N2O4. The molecule has 1 saturated heterocycles. The minimum absolute atomic E-state index is 0.117. The molecule has 0 bridgehead atoms. The van der Waals surface area contributed by atoms with E-state index in [9.17, 15) is 9.59 Å². The van der Waals surface area contributed by atoms with Crippen LogP contribution in [0.25, 0.3) is 11.1 Å². The first kappa shape index (κ1) is 19.0. The summed E-state index contributed by atoms with van der Waals surface area (Å²) in [6, 6.07) is 12.1. The van der Waals surface area contributed by atoms with Crippen molar-refractivity contribution in [3.8, 4) is 11.1 Å². The van der Waals surface area contributed by atoms with Crippen LogP contribution in [-0.4, -0.2) is 43.7 Å². The normalized spacial score (nSPS) is 15.7. The summed E-state index contributed by atoms with van der Waals surface area (Å²) < 4.78 is 10.1. The Morgan fingerprint density at radius 1 is 1.19 bits per heavy atom. The molecule has 142 valence electrons. The van der Waals surface area contributed by atoms with E-state index in [0.29, 0.717) is 32.5 Å². The second kappa shape index (κ2) is 8.77. The molecule has 0 unspecified atom stereocenters. The predicted molar refractivity (Wildman–Crippen MR) is 101 cm³/mol. The summed E-state index contributed by atoms with van der Waals surface area (Å²) in [6.07, 6.45) is 5.41. The van der Waals surface area contributed by atoms with E-state index in [1.165, 1.54) is 7.11 Å². The van der Waals surface area contributed by atoms with Crippen LogP contribution < -0.4 is 5.32 Å². The first-order valence-corrected chi connectivity index (χ1v) is 9.05. The number of esters is 1. The Bertz CT molecular complexity index is 786. The lowest BCUT2D eigenvalue weighted by Crippen LogP contribution is -2.47. The summed E-state index contributed by atoms with van der Waals surface area (Å²) in [5.74, 6) is -0.577. The molecule has 2 heterocycles. The molecule has 1 amide bonds. The third-order valence-electron chi connectivity index (χ3n) is 5.02. The van der Waals surface area contributed by atoms with Crippen molar-refractivity contribution in [2.75, 3.05) is 26.9 Å². The average Bonchev–Trinajstić information content (AvgIpc) is 2.73. The topological polar surface area (TPSA) is 77.5 Å². The van der Waals surface area contributed by atoms with Crippen LogP contribution in [0, 0.1) is 5.41 Å². The second-order valence-electron chi connectivity index (χ2n) is 6.77. The highest BCUT2D eigenvalue weighted by atomic mass is 16.5. The number of ether oxygens (including phenoxy) is 2. The Morgan fingerprint density at radius 2 is 1.96 bits per heavy atom. The number of rotatable bonds is 6. The van der Waals surface area contributed by atoms with Crippen molar-refractivity contribution >= 4 is 11.9 Å². The van der Waals surface area contributed by atoms with Crippen molar-refractivity contribution in [1.82, 2.24) is 10.3 Å². The van der Waals surface area contributed by atoms with Crippen LogP contribution >= 0.6 is 0 Å². The summed E-state index contributed by atoms with van der Waals surface area (Å²) in [5, 5.41) is 2.73. The number of carbonyl (C=O) groups excluding carboxylic acids is 2. The first-order chi connectivity index (χ1) is 13.1. The lowest BCUT2D eigenvalue weighted by molar-refractivity contribution is -0.144. The number of nitrogens with one attached hydrogen (secondary N) is 1. The lowest BCUT2D eigenvalue weighted by Gasteiger charge is -2.36. The van der Waals surface area contributed by atoms with Crippen molar-refractivity contribution in [3.05, 3.63) is 54.4 Å². The van der Waals surface area contributed by atoms with E-state index in [4.69, 9.17) is 4.74 Å². The lowest BCUT2D eigenvalue weighted by atomic mass is 9.74. The maximum atomic E-state index is 12.9. The maximum absolute atomic E-state index is 12.9. The van der Waals surface area contributed by atoms with Gasteiger partial charge < -0.3 is 14.8 Å². The van der Waals surface area contributed by atoms with Gasteiger partial charge in [0.25, 0.3) is 0 Å². The highest BCUT2D eigenvalue weighted by Crippen LogP contribution is 2.35.